The first-order valence-electron chi connectivity index (χ1n) is 6.51. The number of halogens is 1. The van der Waals surface area contributed by atoms with Crippen molar-refractivity contribution < 1.29 is 14.7 Å². The van der Waals surface area contributed by atoms with E-state index in [2.05, 4.69) is 5.32 Å². The normalized spacial score (nSPS) is 11.7. The highest BCUT2D eigenvalue weighted by molar-refractivity contribution is 8.00. The first-order chi connectivity index (χ1) is 10.6. The third-order valence-electron chi connectivity index (χ3n) is 2.83. The lowest BCUT2D eigenvalue weighted by atomic mass is 10.1. The Morgan fingerprint density at radius 2 is 1.73 bits per heavy atom. The number of hydrogen-bond acceptors (Lipinski definition) is 3. The number of carbonyl (C=O) groups excluding carboxylic acids is 1. The van der Waals surface area contributed by atoms with Crippen LogP contribution in [-0.2, 0) is 9.59 Å². The zero-order valence-electron chi connectivity index (χ0n) is 11.5. The molecule has 22 heavy (non-hydrogen) atoms. The summed E-state index contributed by atoms with van der Waals surface area (Å²) in [4.78, 5) is 23.2. The standard InChI is InChI=1S/C16H14ClNO3S/c17-12-6-8-13(9-7-12)18-16(21)15(22-10-14(19)20)11-4-2-1-3-5-11/h1-9,15H,10H2,(H,18,21)(H,19,20)/t15-/m1/s1. The van der Waals surface area contributed by atoms with Crippen LogP contribution in [0.5, 0.6) is 0 Å². The van der Waals surface area contributed by atoms with E-state index in [4.69, 9.17) is 16.7 Å². The van der Waals surface area contributed by atoms with Gasteiger partial charge in [0.1, 0.15) is 5.25 Å². The third-order valence-corrected chi connectivity index (χ3v) is 4.31. The molecular formula is C16H14ClNO3S. The highest BCUT2D eigenvalue weighted by Gasteiger charge is 2.22. The molecule has 0 bridgehead atoms. The number of anilines is 1. The van der Waals surface area contributed by atoms with E-state index in [-0.39, 0.29) is 11.7 Å². The van der Waals surface area contributed by atoms with Crippen LogP contribution in [0.3, 0.4) is 0 Å². The number of rotatable bonds is 6. The number of hydrogen-bond donors (Lipinski definition) is 2. The van der Waals surface area contributed by atoms with Gasteiger partial charge in [0.05, 0.1) is 5.75 Å². The maximum absolute atomic E-state index is 12.5. The summed E-state index contributed by atoms with van der Waals surface area (Å²) >= 11 is 6.88. The van der Waals surface area contributed by atoms with Gasteiger partial charge in [-0.3, -0.25) is 9.59 Å². The number of carboxylic acids is 1. The zero-order chi connectivity index (χ0) is 15.9. The maximum Gasteiger partial charge on any atom is 0.313 e. The molecule has 6 heteroatoms. The van der Waals surface area contributed by atoms with E-state index in [0.29, 0.717) is 10.7 Å². The molecule has 0 fully saturated rings. The van der Waals surface area contributed by atoms with Gasteiger partial charge in [0.15, 0.2) is 0 Å². The van der Waals surface area contributed by atoms with Gasteiger partial charge in [0.25, 0.3) is 0 Å². The Bertz CT molecular complexity index is 646. The Labute approximate surface area is 137 Å². The second-order valence-corrected chi connectivity index (χ2v) is 6.02. The highest BCUT2D eigenvalue weighted by Crippen LogP contribution is 2.30. The number of amides is 1. The molecule has 0 spiro atoms. The van der Waals surface area contributed by atoms with Gasteiger partial charge in [-0.15, -0.1) is 11.8 Å². The topological polar surface area (TPSA) is 66.4 Å². The summed E-state index contributed by atoms with van der Waals surface area (Å²) in [5, 5.41) is 11.6. The zero-order valence-corrected chi connectivity index (χ0v) is 13.1. The van der Waals surface area contributed by atoms with Gasteiger partial charge in [-0.05, 0) is 29.8 Å². The molecule has 0 aromatic heterocycles. The van der Waals surface area contributed by atoms with Crippen LogP contribution in [0.2, 0.25) is 5.02 Å². The van der Waals surface area contributed by atoms with Crippen molar-refractivity contribution >= 4 is 40.9 Å². The molecule has 2 aromatic carbocycles. The first-order valence-corrected chi connectivity index (χ1v) is 7.93. The Morgan fingerprint density at radius 3 is 2.32 bits per heavy atom. The van der Waals surface area contributed by atoms with Crippen LogP contribution in [0.4, 0.5) is 5.69 Å². The number of nitrogens with one attached hydrogen (secondary N) is 1. The quantitative estimate of drug-likeness (QED) is 0.841. The van der Waals surface area contributed by atoms with Crippen LogP contribution in [0.1, 0.15) is 10.8 Å². The van der Waals surface area contributed by atoms with Crippen molar-refractivity contribution in [2.45, 2.75) is 5.25 Å². The molecule has 0 aliphatic carbocycles. The van der Waals surface area contributed by atoms with Crippen LogP contribution in [0.15, 0.2) is 54.6 Å². The van der Waals surface area contributed by atoms with Gasteiger partial charge < -0.3 is 10.4 Å². The SMILES string of the molecule is O=C(O)CS[C@@H](C(=O)Nc1ccc(Cl)cc1)c1ccccc1. The van der Waals surface area contributed by atoms with Gasteiger partial charge in [-0.25, -0.2) is 0 Å². The van der Waals surface area contributed by atoms with Crippen molar-refractivity contribution in [1.82, 2.24) is 0 Å². The summed E-state index contributed by atoms with van der Waals surface area (Å²) in [6.07, 6.45) is 0. The number of carbonyl (C=O) groups is 2. The summed E-state index contributed by atoms with van der Waals surface area (Å²) in [5.74, 6) is -1.36. The van der Waals surface area contributed by atoms with Crippen molar-refractivity contribution in [2.24, 2.45) is 0 Å². The summed E-state index contributed by atoms with van der Waals surface area (Å²) < 4.78 is 0. The predicted octanol–water partition coefficient (Wildman–Crippen LogP) is 3.84. The molecule has 2 rings (SSSR count). The smallest absolute Gasteiger partial charge is 0.313 e. The first kappa shape index (κ1) is 16.4. The lowest BCUT2D eigenvalue weighted by Gasteiger charge is -2.16. The minimum atomic E-state index is -0.953. The Morgan fingerprint density at radius 1 is 1.09 bits per heavy atom. The molecule has 0 saturated heterocycles. The Kier molecular flexibility index (Phi) is 5.86. The largest absolute Gasteiger partial charge is 0.481 e. The van der Waals surface area contributed by atoms with Gasteiger partial charge in [0, 0.05) is 10.7 Å². The van der Waals surface area contributed by atoms with Crippen LogP contribution in [0, 0.1) is 0 Å². The molecule has 0 radical (unpaired) electrons. The number of carboxylic acid groups (broad SMARTS) is 1. The third kappa shape index (κ3) is 4.79. The van der Waals surface area contributed by atoms with E-state index in [9.17, 15) is 9.59 Å². The van der Waals surface area contributed by atoms with E-state index in [1.165, 1.54) is 0 Å². The van der Waals surface area contributed by atoms with Gasteiger partial charge in [0.2, 0.25) is 5.91 Å². The molecule has 114 valence electrons. The summed E-state index contributed by atoms with van der Waals surface area (Å²) in [6, 6.07) is 15.9. The van der Waals surface area contributed by atoms with Crippen molar-refractivity contribution in [3.63, 3.8) is 0 Å². The van der Waals surface area contributed by atoms with E-state index < -0.39 is 11.2 Å². The lowest BCUT2D eigenvalue weighted by molar-refractivity contribution is -0.133. The molecule has 0 aliphatic heterocycles. The molecule has 2 N–H and O–H groups in total. The van der Waals surface area contributed by atoms with Crippen molar-refractivity contribution in [3.05, 3.63) is 65.2 Å². The minimum absolute atomic E-state index is 0.145. The fourth-order valence-electron chi connectivity index (χ4n) is 1.85. The predicted molar refractivity (Wildman–Crippen MR) is 89.4 cm³/mol. The molecule has 2 aromatic rings. The summed E-state index contributed by atoms with van der Waals surface area (Å²) in [6.45, 7) is 0. The minimum Gasteiger partial charge on any atom is -0.481 e. The average molecular weight is 336 g/mol. The van der Waals surface area contributed by atoms with Gasteiger partial charge in [-0.2, -0.15) is 0 Å². The van der Waals surface area contributed by atoms with E-state index in [1.807, 2.05) is 18.2 Å². The van der Waals surface area contributed by atoms with Crippen molar-refractivity contribution in [2.75, 3.05) is 11.1 Å². The molecule has 0 saturated carbocycles. The highest BCUT2D eigenvalue weighted by atomic mass is 35.5. The van der Waals surface area contributed by atoms with Crippen molar-refractivity contribution in [3.8, 4) is 0 Å². The lowest BCUT2D eigenvalue weighted by Crippen LogP contribution is -2.20. The van der Waals surface area contributed by atoms with Crippen molar-refractivity contribution in [1.29, 1.82) is 0 Å². The molecule has 0 heterocycles. The van der Waals surface area contributed by atoms with Crippen LogP contribution >= 0.6 is 23.4 Å². The molecule has 4 nitrogen and oxygen atoms in total. The van der Waals surface area contributed by atoms with Crippen LogP contribution in [0.25, 0.3) is 0 Å². The molecule has 0 unspecified atom stereocenters. The van der Waals surface area contributed by atoms with Crippen LogP contribution in [-0.4, -0.2) is 22.7 Å². The fraction of sp³-hybridized carbons (Fsp3) is 0.125. The average Bonchev–Trinajstić information content (AvgIpc) is 2.50. The molecule has 1 atom stereocenters. The maximum atomic E-state index is 12.5. The second kappa shape index (κ2) is 7.87. The molecule has 1 amide bonds. The Balaban J connectivity index is 2.14. The van der Waals surface area contributed by atoms with Gasteiger partial charge >= 0.3 is 5.97 Å². The van der Waals surface area contributed by atoms with E-state index >= 15 is 0 Å². The van der Waals surface area contributed by atoms with Crippen LogP contribution < -0.4 is 5.32 Å². The number of thioether (sulfide) groups is 1. The van der Waals surface area contributed by atoms with E-state index in [1.54, 1.807) is 36.4 Å². The van der Waals surface area contributed by atoms with Gasteiger partial charge in [-0.1, -0.05) is 41.9 Å². The fourth-order valence-corrected chi connectivity index (χ4v) is 2.84. The number of aliphatic carboxylic acids is 1. The van der Waals surface area contributed by atoms with E-state index in [0.717, 1.165) is 17.3 Å². The summed E-state index contributed by atoms with van der Waals surface area (Å²) in [5.41, 5.74) is 1.38. The second-order valence-electron chi connectivity index (χ2n) is 4.49. The summed E-state index contributed by atoms with van der Waals surface area (Å²) in [7, 11) is 0. The molecule has 0 aliphatic rings. The number of benzene rings is 2. The monoisotopic (exact) mass is 335 g/mol. The Hall–Kier alpha value is -1.98. The molecular weight excluding hydrogens is 322 g/mol.